The molecule has 6 nitrogen and oxygen atoms in total. The Kier molecular flexibility index (Phi) is 4.54. The molecule has 0 unspecified atom stereocenters. The fourth-order valence-corrected chi connectivity index (χ4v) is 1.97. The van der Waals surface area contributed by atoms with E-state index < -0.39 is 11.9 Å². The lowest BCUT2D eigenvalue weighted by molar-refractivity contribution is 0.0696. The van der Waals surface area contributed by atoms with E-state index in [0.29, 0.717) is 11.3 Å². The van der Waals surface area contributed by atoms with E-state index in [1.807, 2.05) is 0 Å². The number of halogens is 1. The fourth-order valence-electron chi connectivity index (χ4n) is 1.63. The topological polar surface area (TPSA) is 88.5 Å². The van der Waals surface area contributed by atoms with Crippen molar-refractivity contribution in [2.24, 2.45) is 0 Å². The van der Waals surface area contributed by atoms with Crippen LogP contribution in [0.2, 0.25) is 0 Å². The summed E-state index contributed by atoms with van der Waals surface area (Å²) in [5.74, 6) is -0.788. The van der Waals surface area contributed by atoms with E-state index in [0.717, 1.165) is 4.47 Å². The average Bonchev–Trinajstić information content (AvgIpc) is 2.47. The van der Waals surface area contributed by atoms with Crippen LogP contribution in [-0.2, 0) is 0 Å². The minimum Gasteiger partial charge on any atom is -0.496 e. The first kappa shape index (κ1) is 15.0. The number of aromatic carboxylic acids is 1. The van der Waals surface area contributed by atoms with Crippen LogP contribution >= 0.6 is 15.9 Å². The van der Waals surface area contributed by atoms with Gasteiger partial charge in [-0.3, -0.25) is 4.79 Å². The number of hydrogen-bond acceptors (Lipinski definition) is 4. The molecule has 2 rings (SSSR count). The zero-order chi connectivity index (χ0) is 15.4. The molecule has 2 N–H and O–H groups in total. The van der Waals surface area contributed by atoms with Crippen LogP contribution in [0.25, 0.3) is 0 Å². The van der Waals surface area contributed by atoms with Gasteiger partial charge >= 0.3 is 5.97 Å². The van der Waals surface area contributed by atoms with Crippen molar-refractivity contribution < 1.29 is 19.4 Å². The lowest BCUT2D eigenvalue weighted by atomic mass is 10.2. The number of aromatic nitrogens is 1. The van der Waals surface area contributed by atoms with Crippen molar-refractivity contribution in [2.45, 2.75) is 0 Å². The lowest BCUT2D eigenvalue weighted by Gasteiger charge is -2.09. The van der Waals surface area contributed by atoms with Crippen LogP contribution in [0.4, 0.5) is 5.82 Å². The molecule has 0 saturated heterocycles. The molecule has 1 aromatic heterocycles. The molecular weight excluding hydrogens is 340 g/mol. The zero-order valence-electron chi connectivity index (χ0n) is 11.0. The maximum absolute atomic E-state index is 12.2. The molecule has 1 amide bonds. The number of nitrogens with one attached hydrogen (secondary N) is 1. The van der Waals surface area contributed by atoms with E-state index >= 15 is 0 Å². The first-order valence-electron chi connectivity index (χ1n) is 5.85. The largest absolute Gasteiger partial charge is 0.496 e. The summed E-state index contributed by atoms with van der Waals surface area (Å²) in [5.41, 5.74) is 0.402. The molecular formula is C14H11BrN2O4. The molecule has 2 aromatic rings. The van der Waals surface area contributed by atoms with Gasteiger partial charge in [-0.25, -0.2) is 9.78 Å². The molecule has 0 radical (unpaired) electrons. The van der Waals surface area contributed by atoms with Gasteiger partial charge in [-0.15, -0.1) is 0 Å². The Morgan fingerprint density at radius 1 is 1.29 bits per heavy atom. The van der Waals surface area contributed by atoms with Gasteiger partial charge < -0.3 is 15.2 Å². The van der Waals surface area contributed by atoms with E-state index in [2.05, 4.69) is 26.2 Å². The minimum atomic E-state index is -1.07. The smallest absolute Gasteiger partial charge is 0.337 e. The Labute approximate surface area is 128 Å². The van der Waals surface area contributed by atoms with Crippen molar-refractivity contribution in [2.75, 3.05) is 12.4 Å². The number of rotatable bonds is 4. The third-order valence-electron chi connectivity index (χ3n) is 2.66. The monoisotopic (exact) mass is 350 g/mol. The van der Waals surface area contributed by atoms with Crippen LogP contribution in [0.1, 0.15) is 20.7 Å². The van der Waals surface area contributed by atoms with Gasteiger partial charge in [0.1, 0.15) is 11.6 Å². The maximum atomic E-state index is 12.2. The van der Waals surface area contributed by atoms with Gasteiger partial charge in [0.2, 0.25) is 0 Å². The number of hydrogen-bond donors (Lipinski definition) is 2. The van der Waals surface area contributed by atoms with Gasteiger partial charge in [-0.05, 0) is 30.3 Å². The van der Waals surface area contributed by atoms with E-state index in [4.69, 9.17) is 9.84 Å². The second kappa shape index (κ2) is 6.36. The van der Waals surface area contributed by atoms with Crippen molar-refractivity contribution >= 4 is 33.6 Å². The molecule has 0 saturated carbocycles. The van der Waals surface area contributed by atoms with E-state index in [1.54, 1.807) is 18.2 Å². The van der Waals surface area contributed by atoms with Crippen molar-refractivity contribution in [3.05, 3.63) is 52.1 Å². The SMILES string of the molecule is COc1cc(Br)ccc1C(=O)Nc1ccc(C(=O)O)cn1. The molecule has 0 bridgehead atoms. The van der Waals surface area contributed by atoms with Gasteiger partial charge in [0.05, 0.1) is 18.2 Å². The normalized spacial score (nSPS) is 10.0. The highest BCUT2D eigenvalue weighted by Gasteiger charge is 2.13. The molecule has 0 atom stereocenters. The Morgan fingerprint density at radius 2 is 2.05 bits per heavy atom. The number of methoxy groups -OCH3 is 1. The Morgan fingerprint density at radius 3 is 2.62 bits per heavy atom. The number of pyridine rings is 1. The summed E-state index contributed by atoms with van der Waals surface area (Å²) >= 11 is 3.29. The summed E-state index contributed by atoms with van der Waals surface area (Å²) in [7, 11) is 1.47. The molecule has 21 heavy (non-hydrogen) atoms. The number of nitrogens with zero attached hydrogens (tertiary/aromatic N) is 1. The molecule has 0 aliphatic rings. The summed E-state index contributed by atoms with van der Waals surface area (Å²) in [6.45, 7) is 0. The number of benzene rings is 1. The number of anilines is 1. The predicted molar refractivity (Wildman–Crippen MR) is 79.8 cm³/mol. The van der Waals surface area contributed by atoms with Crippen molar-refractivity contribution in [3.63, 3.8) is 0 Å². The van der Waals surface area contributed by atoms with Gasteiger partial charge in [0, 0.05) is 10.7 Å². The minimum absolute atomic E-state index is 0.0502. The molecule has 0 fully saturated rings. The summed E-state index contributed by atoms with van der Waals surface area (Å²) in [4.78, 5) is 26.8. The Balaban J connectivity index is 2.19. The van der Waals surface area contributed by atoms with E-state index in [-0.39, 0.29) is 11.4 Å². The number of carbonyl (C=O) groups is 2. The summed E-state index contributed by atoms with van der Waals surface area (Å²) in [5, 5.41) is 11.4. The number of ether oxygens (including phenoxy) is 1. The maximum Gasteiger partial charge on any atom is 0.337 e. The van der Waals surface area contributed by atoms with Gasteiger partial charge in [-0.1, -0.05) is 15.9 Å². The van der Waals surface area contributed by atoms with Crippen LogP contribution in [0.5, 0.6) is 5.75 Å². The first-order chi connectivity index (χ1) is 10.0. The Hall–Kier alpha value is -2.41. The van der Waals surface area contributed by atoms with Crippen LogP contribution in [0.15, 0.2) is 41.0 Å². The second-order valence-corrected chi connectivity index (χ2v) is 4.95. The standard InChI is InChI=1S/C14H11BrN2O4/c1-21-11-6-9(15)3-4-10(11)13(18)17-12-5-2-8(7-16-12)14(19)20/h2-7H,1H3,(H,19,20)(H,16,17,18). The lowest BCUT2D eigenvalue weighted by Crippen LogP contribution is -2.14. The quantitative estimate of drug-likeness (QED) is 0.884. The molecule has 0 spiro atoms. The number of carbonyl (C=O) groups excluding carboxylic acids is 1. The van der Waals surface area contributed by atoms with E-state index in [1.165, 1.54) is 25.4 Å². The van der Waals surface area contributed by atoms with Crippen molar-refractivity contribution in [3.8, 4) is 5.75 Å². The van der Waals surface area contributed by atoms with Gasteiger partial charge in [0.25, 0.3) is 5.91 Å². The molecule has 0 aliphatic carbocycles. The predicted octanol–water partition coefficient (Wildman–Crippen LogP) is 2.80. The van der Waals surface area contributed by atoms with Gasteiger partial charge in [0.15, 0.2) is 0 Å². The van der Waals surface area contributed by atoms with Crippen LogP contribution in [0.3, 0.4) is 0 Å². The average molecular weight is 351 g/mol. The number of amides is 1. The number of carboxylic acids is 1. The zero-order valence-corrected chi connectivity index (χ0v) is 12.5. The van der Waals surface area contributed by atoms with Crippen molar-refractivity contribution in [1.29, 1.82) is 0 Å². The number of carboxylic acid groups (broad SMARTS) is 1. The third-order valence-corrected chi connectivity index (χ3v) is 3.15. The molecule has 1 heterocycles. The Bertz CT molecular complexity index is 686. The molecule has 108 valence electrons. The summed E-state index contributed by atoms with van der Waals surface area (Å²) in [6.07, 6.45) is 1.18. The van der Waals surface area contributed by atoms with Crippen LogP contribution in [0, 0.1) is 0 Å². The van der Waals surface area contributed by atoms with Crippen LogP contribution in [-0.4, -0.2) is 29.1 Å². The van der Waals surface area contributed by atoms with Gasteiger partial charge in [-0.2, -0.15) is 0 Å². The highest BCUT2D eigenvalue weighted by atomic mass is 79.9. The van der Waals surface area contributed by atoms with Crippen LogP contribution < -0.4 is 10.1 Å². The third kappa shape index (κ3) is 3.57. The molecule has 0 aliphatic heterocycles. The van der Waals surface area contributed by atoms with Crippen molar-refractivity contribution in [1.82, 2.24) is 4.98 Å². The molecule has 7 heteroatoms. The van der Waals surface area contributed by atoms with E-state index in [9.17, 15) is 9.59 Å². The highest BCUT2D eigenvalue weighted by Crippen LogP contribution is 2.24. The summed E-state index contributed by atoms with van der Waals surface area (Å²) < 4.78 is 5.94. The highest BCUT2D eigenvalue weighted by molar-refractivity contribution is 9.10. The fraction of sp³-hybridized carbons (Fsp3) is 0.0714. The first-order valence-corrected chi connectivity index (χ1v) is 6.65. The summed E-state index contributed by atoms with van der Waals surface area (Å²) in [6, 6.07) is 7.80. The molecule has 1 aromatic carbocycles. The second-order valence-electron chi connectivity index (χ2n) is 4.04.